The van der Waals surface area contributed by atoms with Gasteiger partial charge in [-0.1, -0.05) is 31.5 Å². The Kier molecular flexibility index (Phi) is 4.00. The molecule has 0 aromatic heterocycles. The van der Waals surface area contributed by atoms with Gasteiger partial charge in [-0.25, -0.2) is 0 Å². The van der Waals surface area contributed by atoms with Gasteiger partial charge in [0.1, 0.15) is 5.75 Å². The number of aromatic hydroxyl groups is 1. The van der Waals surface area contributed by atoms with Crippen molar-refractivity contribution in [3.05, 3.63) is 28.3 Å². The lowest BCUT2D eigenvalue weighted by Gasteiger charge is -2.13. The summed E-state index contributed by atoms with van der Waals surface area (Å²) in [5.74, 6) is 0.442. The van der Waals surface area contributed by atoms with E-state index in [9.17, 15) is 10.2 Å². The van der Waals surface area contributed by atoms with Gasteiger partial charge >= 0.3 is 0 Å². The van der Waals surface area contributed by atoms with E-state index in [2.05, 4.69) is 13.8 Å². The Bertz CT molecular complexity index is 346. The van der Waals surface area contributed by atoms with Crippen molar-refractivity contribution in [1.29, 1.82) is 0 Å². The van der Waals surface area contributed by atoms with Gasteiger partial charge in [-0.3, -0.25) is 0 Å². The van der Waals surface area contributed by atoms with Crippen LogP contribution < -0.4 is 0 Å². The van der Waals surface area contributed by atoms with Crippen LogP contribution in [0.3, 0.4) is 0 Å². The summed E-state index contributed by atoms with van der Waals surface area (Å²) in [7, 11) is 0. The van der Waals surface area contributed by atoms with E-state index in [1.165, 1.54) is 0 Å². The number of benzene rings is 1. The van der Waals surface area contributed by atoms with Crippen LogP contribution >= 0.6 is 11.6 Å². The third-order valence-corrected chi connectivity index (χ3v) is 2.63. The van der Waals surface area contributed by atoms with Crippen LogP contribution in [0.5, 0.6) is 5.75 Å². The molecule has 0 amide bonds. The topological polar surface area (TPSA) is 40.5 Å². The van der Waals surface area contributed by atoms with Crippen LogP contribution in [0, 0.1) is 0 Å². The lowest BCUT2D eigenvalue weighted by Crippen LogP contribution is -2.05. The first-order valence-corrected chi connectivity index (χ1v) is 5.49. The Hall–Kier alpha value is -0.730. The summed E-state index contributed by atoms with van der Waals surface area (Å²) in [5, 5.41) is 19.4. The standard InChI is InChI=1S/C12H17ClO2/c1-7(2)9-5-10(4-8(3)14)12(15)11(13)6-9/h5-8,14-15H,4H2,1-3H3. The van der Waals surface area contributed by atoms with Crippen LogP contribution in [0.1, 0.15) is 37.8 Å². The summed E-state index contributed by atoms with van der Waals surface area (Å²) in [6.45, 7) is 5.82. The molecule has 0 saturated heterocycles. The summed E-state index contributed by atoms with van der Waals surface area (Å²) in [4.78, 5) is 0. The molecule has 0 heterocycles. The number of phenolic OH excluding ortho intramolecular Hbond substituents is 1. The maximum absolute atomic E-state index is 9.71. The molecule has 0 saturated carbocycles. The number of hydrogen-bond donors (Lipinski definition) is 2. The summed E-state index contributed by atoms with van der Waals surface area (Å²) in [6.07, 6.45) is -0.0547. The van der Waals surface area contributed by atoms with Gasteiger partial charge in [0.15, 0.2) is 0 Å². The van der Waals surface area contributed by atoms with Crippen molar-refractivity contribution >= 4 is 11.6 Å². The molecule has 1 unspecified atom stereocenters. The maximum Gasteiger partial charge on any atom is 0.137 e. The first-order chi connectivity index (χ1) is 6.91. The highest BCUT2D eigenvalue weighted by Crippen LogP contribution is 2.32. The van der Waals surface area contributed by atoms with Crippen molar-refractivity contribution in [1.82, 2.24) is 0 Å². The fourth-order valence-corrected chi connectivity index (χ4v) is 1.73. The largest absolute Gasteiger partial charge is 0.506 e. The van der Waals surface area contributed by atoms with Gasteiger partial charge in [-0.2, -0.15) is 0 Å². The number of hydrogen-bond acceptors (Lipinski definition) is 2. The van der Waals surface area contributed by atoms with Crippen molar-refractivity contribution < 1.29 is 10.2 Å². The molecule has 0 fully saturated rings. The van der Waals surface area contributed by atoms with Crippen LogP contribution in [0.15, 0.2) is 12.1 Å². The minimum atomic E-state index is -0.477. The Morgan fingerprint density at radius 1 is 1.27 bits per heavy atom. The minimum Gasteiger partial charge on any atom is -0.506 e. The van der Waals surface area contributed by atoms with E-state index >= 15 is 0 Å². The quantitative estimate of drug-likeness (QED) is 0.835. The lowest BCUT2D eigenvalue weighted by atomic mass is 9.98. The van der Waals surface area contributed by atoms with E-state index < -0.39 is 6.10 Å². The molecule has 1 atom stereocenters. The highest BCUT2D eigenvalue weighted by Gasteiger charge is 2.12. The summed E-state index contributed by atoms with van der Waals surface area (Å²) in [6, 6.07) is 3.67. The second-order valence-electron chi connectivity index (χ2n) is 4.22. The molecule has 1 rings (SSSR count). The van der Waals surface area contributed by atoms with E-state index in [0.29, 0.717) is 22.9 Å². The van der Waals surface area contributed by atoms with Gasteiger partial charge in [0.25, 0.3) is 0 Å². The number of aliphatic hydroxyl groups is 1. The zero-order valence-electron chi connectivity index (χ0n) is 9.29. The Labute approximate surface area is 95.5 Å². The predicted molar refractivity (Wildman–Crippen MR) is 62.6 cm³/mol. The molecule has 1 aromatic carbocycles. The fraction of sp³-hybridized carbons (Fsp3) is 0.500. The van der Waals surface area contributed by atoms with Crippen LogP contribution in [0.25, 0.3) is 0 Å². The zero-order valence-corrected chi connectivity index (χ0v) is 10.0. The zero-order chi connectivity index (χ0) is 11.6. The predicted octanol–water partition coefficient (Wildman–Crippen LogP) is 3.09. The van der Waals surface area contributed by atoms with E-state index in [4.69, 9.17) is 11.6 Å². The number of aliphatic hydroxyl groups excluding tert-OH is 1. The number of halogens is 1. The smallest absolute Gasteiger partial charge is 0.137 e. The lowest BCUT2D eigenvalue weighted by molar-refractivity contribution is 0.194. The molecule has 2 N–H and O–H groups in total. The summed E-state index contributed by atoms with van der Waals surface area (Å²) >= 11 is 5.91. The third-order valence-electron chi connectivity index (χ3n) is 2.35. The molecule has 0 spiro atoms. The Balaban J connectivity index is 3.13. The van der Waals surface area contributed by atoms with Gasteiger partial charge < -0.3 is 10.2 Å². The van der Waals surface area contributed by atoms with E-state index in [0.717, 1.165) is 5.56 Å². The second kappa shape index (κ2) is 4.86. The summed E-state index contributed by atoms with van der Waals surface area (Å²) < 4.78 is 0. The molecule has 15 heavy (non-hydrogen) atoms. The molecule has 0 bridgehead atoms. The third kappa shape index (κ3) is 3.11. The molecule has 84 valence electrons. The Morgan fingerprint density at radius 2 is 1.87 bits per heavy atom. The van der Waals surface area contributed by atoms with Crippen molar-refractivity contribution in [2.24, 2.45) is 0 Å². The first kappa shape index (κ1) is 12.3. The van der Waals surface area contributed by atoms with E-state index in [-0.39, 0.29) is 5.75 Å². The van der Waals surface area contributed by atoms with Gasteiger partial charge in [0.2, 0.25) is 0 Å². The van der Waals surface area contributed by atoms with Crippen LogP contribution in [-0.2, 0) is 6.42 Å². The van der Waals surface area contributed by atoms with Crippen molar-refractivity contribution in [3.63, 3.8) is 0 Å². The van der Waals surface area contributed by atoms with Crippen LogP contribution in [0.2, 0.25) is 5.02 Å². The molecule has 2 nitrogen and oxygen atoms in total. The normalized spacial score (nSPS) is 13.2. The average molecular weight is 229 g/mol. The van der Waals surface area contributed by atoms with Gasteiger partial charge in [0, 0.05) is 6.42 Å². The Morgan fingerprint density at radius 3 is 2.33 bits per heavy atom. The highest BCUT2D eigenvalue weighted by molar-refractivity contribution is 6.32. The van der Waals surface area contributed by atoms with E-state index in [1.807, 2.05) is 6.07 Å². The molecule has 0 aliphatic heterocycles. The highest BCUT2D eigenvalue weighted by atomic mass is 35.5. The second-order valence-corrected chi connectivity index (χ2v) is 4.63. The SMILES string of the molecule is CC(O)Cc1cc(C(C)C)cc(Cl)c1O. The molecular formula is C12H17ClO2. The van der Waals surface area contributed by atoms with Crippen molar-refractivity contribution in [2.45, 2.75) is 39.2 Å². The average Bonchev–Trinajstić information content (AvgIpc) is 2.11. The summed E-state index contributed by atoms with van der Waals surface area (Å²) in [5.41, 5.74) is 1.79. The molecular weight excluding hydrogens is 212 g/mol. The van der Waals surface area contributed by atoms with Gasteiger partial charge in [0.05, 0.1) is 11.1 Å². The van der Waals surface area contributed by atoms with Crippen molar-refractivity contribution in [2.75, 3.05) is 0 Å². The van der Waals surface area contributed by atoms with Gasteiger partial charge in [-0.15, -0.1) is 0 Å². The number of phenols is 1. The van der Waals surface area contributed by atoms with Gasteiger partial charge in [-0.05, 0) is 30.0 Å². The minimum absolute atomic E-state index is 0.0852. The molecule has 3 heteroatoms. The molecule has 0 radical (unpaired) electrons. The fourth-order valence-electron chi connectivity index (χ4n) is 1.49. The maximum atomic E-state index is 9.71. The van der Waals surface area contributed by atoms with E-state index in [1.54, 1.807) is 13.0 Å². The first-order valence-electron chi connectivity index (χ1n) is 5.11. The monoisotopic (exact) mass is 228 g/mol. The molecule has 1 aromatic rings. The van der Waals surface area contributed by atoms with Crippen molar-refractivity contribution in [3.8, 4) is 5.75 Å². The molecule has 0 aliphatic rings. The number of rotatable bonds is 3. The molecule has 0 aliphatic carbocycles. The van der Waals surface area contributed by atoms with Crippen LogP contribution in [-0.4, -0.2) is 16.3 Å². The van der Waals surface area contributed by atoms with Crippen LogP contribution in [0.4, 0.5) is 0 Å².